The van der Waals surface area contributed by atoms with Crippen LogP contribution < -0.4 is 0 Å². The van der Waals surface area contributed by atoms with Gasteiger partial charge in [-0.05, 0) is 12.5 Å². The largest absolute Gasteiger partial charge is 0.464 e. The van der Waals surface area contributed by atoms with Gasteiger partial charge >= 0.3 is 5.97 Å². The minimum absolute atomic E-state index is 0.245. The van der Waals surface area contributed by atoms with E-state index in [0.717, 1.165) is 5.56 Å². The van der Waals surface area contributed by atoms with Crippen molar-refractivity contribution in [2.45, 2.75) is 25.9 Å². The van der Waals surface area contributed by atoms with Crippen molar-refractivity contribution in [2.24, 2.45) is 0 Å². The van der Waals surface area contributed by atoms with Crippen molar-refractivity contribution >= 4 is 5.97 Å². The first-order chi connectivity index (χ1) is 7.16. The SMILES string of the molecule is CCOC(=O)[C@H](O)C(C)c1ccccc1. The van der Waals surface area contributed by atoms with Gasteiger partial charge in [0.05, 0.1) is 6.61 Å². The summed E-state index contributed by atoms with van der Waals surface area (Å²) in [6, 6.07) is 9.42. The summed E-state index contributed by atoms with van der Waals surface area (Å²) in [6.45, 7) is 3.81. The number of ether oxygens (including phenoxy) is 1. The maximum Gasteiger partial charge on any atom is 0.335 e. The molecule has 0 aliphatic heterocycles. The number of carbonyl (C=O) groups excluding carboxylic acids is 1. The van der Waals surface area contributed by atoms with E-state index in [1.54, 1.807) is 13.8 Å². The van der Waals surface area contributed by atoms with Crippen molar-refractivity contribution in [3.63, 3.8) is 0 Å². The summed E-state index contributed by atoms with van der Waals surface area (Å²) in [7, 11) is 0. The van der Waals surface area contributed by atoms with Gasteiger partial charge in [0, 0.05) is 5.92 Å². The summed E-state index contributed by atoms with van der Waals surface area (Å²) in [5.41, 5.74) is 0.929. The molecule has 15 heavy (non-hydrogen) atoms. The molecule has 3 nitrogen and oxygen atoms in total. The van der Waals surface area contributed by atoms with Crippen LogP contribution in [0.1, 0.15) is 25.3 Å². The van der Waals surface area contributed by atoms with Gasteiger partial charge in [-0.1, -0.05) is 37.3 Å². The maximum absolute atomic E-state index is 11.3. The number of aliphatic hydroxyl groups is 1. The maximum atomic E-state index is 11.3. The van der Waals surface area contributed by atoms with E-state index in [-0.39, 0.29) is 12.5 Å². The highest BCUT2D eigenvalue weighted by molar-refractivity contribution is 5.75. The average Bonchev–Trinajstić information content (AvgIpc) is 2.28. The molecule has 3 heteroatoms. The summed E-state index contributed by atoms with van der Waals surface area (Å²) in [5, 5.41) is 9.70. The number of benzene rings is 1. The molecule has 0 saturated carbocycles. The predicted octanol–water partition coefficient (Wildman–Crippen LogP) is 1.71. The Hall–Kier alpha value is -1.35. The Morgan fingerprint density at radius 3 is 2.53 bits per heavy atom. The first-order valence-electron chi connectivity index (χ1n) is 5.06. The first kappa shape index (κ1) is 11.7. The third-order valence-electron chi connectivity index (χ3n) is 2.33. The van der Waals surface area contributed by atoms with Crippen LogP contribution in [0, 0.1) is 0 Å². The second kappa shape index (κ2) is 5.51. The van der Waals surface area contributed by atoms with Crippen LogP contribution >= 0.6 is 0 Å². The molecule has 0 aliphatic carbocycles. The van der Waals surface area contributed by atoms with Crippen LogP contribution in [-0.2, 0) is 9.53 Å². The lowest BCUT2D eigenvalue weighted by molar-refractivity contribution is -0.154. The summed E-state index contributed by atoms with van der Waals surface area (Å²) < 4.78 is 4.76. The molecule has 2 atom stereocenters. The smallest absolute Gasteiger partial charge is 0.335 e. The summed E-state index contributed by atoms with van der Waals surface area (Å²) in [4.78, 5) is 11.3. The molecule has 82 valence electrons. The Kier molecular flexibility index (Phi) is 4.31. The average molecular weight is 208 g/mol. The fraction of sp³-hybridized carbons (Fsp3) is 0.417. The molecule has 0 spiro atoms. The molecule has 1 aromatic rings. The van der Waals surface area contributed by atoms with Crippen LogP contribution in [-0.4, -0.2) is 23.8 Å². The van der Waals surface area contributed by atoms with Gasteiger partial charge in [0.15, 0.2) is 6.10 Å². The second-order valence-electron chi connectivity index (χ2n) is 3.40. The van der Waals surface area contributed by atoms with Crippen molar-refractivity contribution in [1.29, 1.82) is 0 Å². The number of esters is 1. The van der Waals surface area contributed by atoms with E-state index >= 15 is 0 Å². The highest BCUT2D eigenvalue weighted by Crippen LogP contribution is 2.19. The van der Waals surface area contributed by atoms with E-state index in [0.29, 0.717) is 0 Å². The molecule has 0 amide bonds. The zero-order valence-electron chi connectivity index (χ0n) is 9.01. The van der Waals surface area contributed by atoms with E-state index in [1.807, 2.05) is 30.3 Å². The number of carbonyl (C=O) groups is 1. The van der Waals surface area contributed by atoms with Crippen LogP contribution in [0.2, 0.25) is 0 Å². The summed E-state index contributed by atoms with van der Waals surface area (Å²) in [6.07, 6.45) is -1.09. The van der Waals surface area contributed by atoms with Crippen molar-refractivity contribution < 1.29 is 14.6 Å². The molecule has 1 N–H and O–H groups in total. The van der Waals surface area contributed by atoms with E-state index in [1.165, 1.54) is 0 Å². The number of rotatable bonds is 4. The minimum Gasteiger partial charge on any atom is -0.464 e. The monoisotopic (exact) mass is 208 g/mol. The van der Waals surface area contributed by atoms with Crippen LogP contribution in [0.25, 0.3) is 0 Å². The van der Waals surface area contributed by atoms with Gasteiger partial charge in [0.25, 0.3) is 0 Å². The van der Waals surface area contributed by atoms with Gasteiger partial charge in [-0.15, -0.1) is 0 Å². The van der Waals surface area contributed by atoms with Gasteiger partial charge in [0.1, 0.15) is 0 Å². The quantitative estimate of drug-likeness (QED) is 0.766. The Bertz CT molecular complexity index is 308. The van der Waals surface area contributed by atoms with Gasteiger partial charge in [-0.25, -0.2) is 4.79 Å². The molecule has 0 bridgehead atoms. The highest BCUT2D eigenvalue weighted by atomic mass is 16.5. The van der Waals surface area contributed by atoms with Gasteiger partial charge in [-0.2, -0.15) is 0 Å². The lowest BCUT2D eigenvalue weighted by Gasteiger charge is -2.17. The molecule has 1 aromatic carbocycles. The molecule has 0 fully saturated rings. The molecule has 0 heterocycles. The number of aliphatic hydroxyl groups excluding tert-OH is 1. The fourth-order valence-corrected chi connectivity index (χ4v) is 1.37. The zero-order valence-corrected chi connectivity index (χ0v) is 9.01. The molecule has 0 aromatic heterocycles. The molecule has 1 rings (SSSR count). The van der Waals surface area contributed by atoms with Gasteiger partial charge in [0.2, 0.25) is 0 Å². The van der Waals surface area contributed by atoms with Crippen LogP contribution in [0.15, 0.2) is 30.3 Å². The van der Waals surface area contributed by atoms with E-state index in [2.05, 4.69) is 0 Å². The normalized spacial score (nSPS) is 14.3. The zero-order chi connectivity index (χ0) is 11.3. The Labute approximate surface area is 89.7 Å². The predicted molar refractivity (Wildman–Crippen MR) is 57.5 cm³/mol. The van der Waals surface area contributed by atoms with Gasteiger partial charge < -0.3 is 9.84 Å². The molecular weight excluding hydrogens is 192 g/mol. The first-order valence-corrected chi connectivity index (χ1v) is 5.06. The third-order valence-corrected chi connectivity index (χ3v) is 2.33. The molecule has 0 radical (unpaired) electrons. The molecule has 0 aliphatic rings. The Balaban J connectivity index is 2.68. The lowest BCUT2D eigenvalue weighted by Crippen LogP contribution is -2.28. The number of hydrogen-bond acceptors (Lipinski definition) is 3. The van der Waals surface area contributed by atoms with E-state index in [9.17, 15) is 9.90 Å². The van der Waals surface area contributed by atoms with Crippen LogP contribution in [0.4, 0.5) is 0 Å². The fourth-order valence-electron chi connectivity index (χ4n) is 1.37. The van der Waals surface area contributed by atoms with Crippen molar-refractivity contribution in [3.8, 4) is 0 Å². The highest BCUT2D eigenvalue weighted by Gasteiger charge is 2.24. The molecule has 0 saturated heterocycles. The third kappa shape index (κ3) is 3.06. The topological polar surface area (TPSA) is 46.5 Å². The van der Waals surface area contributed by atoms with Crippen molar-refractivity contribution in [2.75, 3.05) is 6.61 Å². The van der Waals surface area contributed by atoms with E-state index in [4.69, 9.17) is 4.74 Å². The number of hydrogen-bond donors (Lipinski definition) is 1. The van der Waals surface area contributed by atoms with Gasteiger partial charge in [-0.3, -0.25) is 0 Å². The van der Waals surface area contributed by atoms with E-state index < -0.39 is 12.1 Å². The van der Waals surface area contributed by atoms with Crippen molar-refractivity contribution in [1.82, 2.24) is 0 Å². The lowest BCUT2D eigenvalue weighted by atomic mass is 9.95. The summed E-state index contributed by atoms with van der Waals surface area (Å²) >= 11 is 0. The Morgan fingerprint density at radius 2 is 2.00 bits per heavy atom. The standard InChI is InChI=1S/C12H16O3/c1-3-15-12(14)11(13)9(2)10-7-5-4-6-8-10/h4-9,11,13H,3H2,1-2H3/t9?,11-/m1/s1. The molecule has 1 unspecified atom stereocenters. The Morgan fingerprint density at radius 1 is 1.40 bits per heavy atom. The summed E-state index contributed by atoms with van der Waals surface area (Å²) in [5.74, 6) is -0.806. The minimum atomic E-state index is -1.09. The van der Waals surface area contributed by atoms with Crippen LogP contribution in [0.3, 0.4) is 0 Å². The van der Waals surface area contributed by atoms with Crippen molar-refractivity contribution in [3.05, 3.63) is 35.9 Å². The molecular formula is C12H16O3. The second-order valence-corrected chi connectivity index (χ2v) is 3.40. The van der Waals surface area contributed by atoms with Crippen LogP contribution in [0.5, 0.6) is 0 Å².